The monoisotopic (exact) mass is 806 g/mol. The highest BCUT2D eigenvalue weighted by atomic mass is 14.3. The molecule has 2 nitrogen and oxygen atoms in total. The highest BCUT2D eigenvalue weighted by Gasteiger charge is 2.28. The third-order valence-corrected chi connectivity index (χ3v) is 14.6. The molecule has 0 heterocycles. The molecule has 292 valence electrons. The summed E-state index contributed by atoms with van der Waals surface area (Å²) in [7, 11) is 0. The Morgan fingerprint density at radius 3 is 1.08 bits per heavy atom. The van der Waals surface area contributed by atoms with Crippen molar-refractivity contribution >= 4 is 75.4 Å². The number of rotatable bonds is 2. The van der Waals surface area contributed by atoms with Crippen molar-refractivity contribution in [2.75, 3.05) is 0 Å². The quantitative estimate of drug-likeness (QED) is 0.163. The zero-order valence-corrected chi connectivity index (χ0v) is 35.1. The van der Waals surface area contributed by atoms with Crippen molar-refractivity contribution < 1.29 is 0 Å². The van der Waals surface area contributed by atoms with Gasteiger partial charge in [0.05, 0.1) is 23.3 Å². The molecule has 0 N–H and O–H groups in total. The summed E-state index contributed by atoms with van der Waals surface area (Å²) in [5, 5.41) is 37.2. The molecule has 14 rings (SSSR count). The van der Waals surface area contributed by atoms with E-state index in [4.69, 9.17) is 0 Å². The van der Waals surface area contributed by atoms with E-state index in [0.717, 1.165) is 33.4 Å². The van der Waals surface area contributed by atoms with Gasteiger partial charge in [-0.3, -0.25) is 0 Å². The highest BCUT2D eigenvalue weighted by molar-refractivity contribution is 6.31. The van der Waals surface area contributed by atoms with Gasteiger partial charge in [0.15, 0.2) is 0 Å². The van der Waals surface area contributed by atoms with Crippen LogP contribution >= 0.6 is 0 Å². The zero-order chi connectivity index (χ0) is 42.5. The third kappa shape index (κ3) is 4.56. The smallest absolute Gasteiger partial charge is 0.0991 e. The lowest BCUT2D eigenvalue weighted by atomic mass is 9.83. The minimum Gasteiger partial charge on any atom is -0.192 e. The highest BCUT2D eigenvalue weighted by Crippen LogP contribution is 2.55. The number of fused-ring (bicyclic) bond motifs is 15. The fraction of sp³-hybridized carbons (Fsp3) is 0.0323. The minimum atomic E-state index is 0.658. The van der Waals surface area contributed by atoms with E-state index in [1.54, 1.807) is 0 Å². The van der Waals surface area contributed by atoms with Crippen molar-refractivity contribution in [1.82, 2.24) is 0 Å². The van der Waals surface area contributed by atoms with Crippen LogP contribution in [0.5, 0.6) is 0 Å². The number of nitriles is 2. The first-order valence-corrected chi connectivity index (χ1v) is 21.9. The number of benzene rings is 12. The number of hydrogen-bond acceptors (Lipinski definition) is 2. The molecule has 0 spiro atoms. The molecule has 2 heteroatoms. The first kappa shape index (κ1) is 35.1. The Morgan fingerprint density at radius 2 is 0.641 bits per heavy atom. The molecule has 2 aliphatic carbocycles. The number of aryl methyl sites for hydroxylation is 2. The largest absolute Gasteiger partial charge is 0.192 e. The molecule has 64 heavy (non-hydrogen) atoms. The van der Waals surface area contributed by atoms with Crippen molar-refractivity contribution in [2.45, 2.75) is 13.8 Å². The van der Waals surface area contributed by atoms with Gasteiger partial charge in [0.1, 0.15) is 0 Å². The van der Waals surface area contributed by atoms with Crippen molar-refractivity contribution in [2.24, 2.45) is 0 Å². The van der Waals surface area contributed by atoms with E-state index in [-0.39, 0.29) is 0 Å². The molecule has 0 atom stereocenters. The molecule has 0 bridgehead atoms. The Kier molecular flexibility index (Phi) is 6.86. The lowest BCUT2D eigenvalue weighted by molar-refractivity contribution is 1.42. The van der Waals surface area contributed by atoms with Crippen LogP contribution in [0.2, 0.25) is 0 Å². The van der Waals surface area contributed by atoms with Crippen LogP contribution in [-0.4, -0.2) is 0 Å². The van der Waals surface area contributed by atoms with Crippen LogP contribution < -0.4 is 0 Å². The van der Waals surface area contributed by atoms with Crippen molar-refractivity contribution in [3.05, 3.63) is 192 Å². The SMILES string of the molecule is Cc1cc(C#N)ccc1-c1cc2c3cc4c(cc3c(-c3ccc(C#N)cc3C)cc2c2cc3c(cc12)-c1cc2ccccc2c2cccc-3c12)-c1cc2ccccc2c2cccc-4c12. The summed E-state index contributed by atoms with van der Waals surface area (Å²) in [6, 6.07) is 67.5. The Balaban J connectivity index is 1.16. The molecule has 12 aromatic carbocycles. The number of nitrogens with zero attached hydrogens (tertiary/aromatic N) is 2. The number of hydrogen-bond donors (Lipinski definition) is 0. The van der Waals surface area contributed by atoms with E-state index >= 15 is 0 Å². The molecule has 0 saturated carbocycles. The van der Waals surface area contributed by atoms with E-state index in [1.165, 1.54) is 120 Å². The maximum Gasteiger partial charge on any atom is 0.0991 e. The summed E-state index contributed by atoms with van der Waals surface area (Å²) >= 11 is 0. The molecule has 0 radical (unpaired) electrons. The van der Waals surface area contributed by atoms with Gasteiger partial charge in [-0.25, -0.2) is 0 Å². The third-order valence-electron chi connectivity index (χ3n) is 14.6. The molecule has 0 unspecified atom stereocenters. The van der Waals surface area contributed by atoms with Gasteiger partial charge < -0.3 is 0 Å². The van der Waals surface area contributed by atoms with E-state index < -0.39 is 0 Å². The second kappa shape index (κ2) is 12.5. The molecule has 12 aromatic rings. The van der Waals surface area contributed by atoms with Gasteiger partial charge in [-0.1, -0.05) is 97.1 Å². The predicted octanol–water partition coefficient (Wildman–Crippen LogP) is 16.7. The summed E-state index contributed by atoms with van der Waals surface area (Å²) in [5.41, 5.74) is 18.1. The predicted molar refractivity (Wildman–Crippen MR) is 268 cm³/mol. The first-order valence-electron chi connectivity index (χ1n) is 21.9. The van der Waals surface area contributed by atoms with Gasteiger partial charge in [0, 0.05) is 0 Å². The Hall–Kier alpha value is -8.56. The average Bonchev–Trinajstić information content (AvgIpc) is 3.81. The summed E-state index contributed by atoms with van der Waals surface area (Å²) in [6.45, 7) is 4.26. The Labute approximate surface area is 369 Å². The van der Waals surface area contributed by atoms with Crippen LogP contribution in [0, 0.1) is 36.5 Å². The topological polar surface area (TPSA) is 47.6 Å². The van der Waals surface area contributed by atoms with Crippen LogP contribution in [0.25, 0.3) is 142 Å². The maximum absolute atomic E-state index is 9.95. The lowest BCUT2D eigenvalue weighted by Crippen LogP contribution is -1.94. The molecule has 0 saturated heterocycles. The van der Waals surface area contributed by atoms with Gasteiger partial charge in [0.2, 0.25) is 0 Å². The lowest BCUT2D eigenvalue weighted by Gasteiger charge is -2.20. The molecule has 0 fully saturated rings. The first-order chi connectivity index (χ1) is 31.4. The fourth-order valence-electron chi connectivity index (χ4n) is 11.7. The summed E-state index contributed by atoms with van der Waals surface area (Å²) in [5.74, 6) is 0. The van der Waals surface area contributed by atoms with Crippen LogP contribution in [-0.2, 0) is 0 Å². The normalized spacial score (nSPS) is 12.2. The van der Waals surface area contributed by atoms with E-state index in [0.29, 0.717) is 11.1 Å². The summed E-state index contributed by atoms with van der Waals surface area (Å²) < 4.78 is 0. The molecular formula is C62H34N2. The Morgan fingerprint density at radius 1 is 0.266 bits per heavy atom. The van der Waals surface area contributed by atoms with Crippen molar-refractivity contribution in [3.63, 3.8) is 0 Å². The van der Waals surface area contributed by atoms with Crippen LogP contribution in [0.15, 0.2) is 170 Å². The fourth-order valence-corrected chi connectivity index (χ4v) is 11.7. The Bertz CT molecular complexity index is 4010. The zero-order valence-electron chi connectivity index (χ0n) is 35.1. The molecular weight excluding hydrogens is 773 g/mol. The van der Waals surface area contributed by atoms with Crippen LogP contribution in [0.4, 0.5) is 0 Å². The van der Waals surface area contributed by atoms with Gasteiger partial charge in [0.25, 0.3) is 0 Å². The van der Waals surface area contributed by atoms with E-state index in [2.05, 4.69) is 172 Å². The van der Waals surface area contributed by atoms with Crippen molar-refractivity contribution in [1.29, 1.82) is 10.5 Å². The van der Waals surface area contributed by atoms with Gasteiger partial charge in [-0.05, 0) is 240 Å². The molecule has 2 aliphatic rings. The van der Waals surface area contributed by atoms with E-state index in [1.807, 2.05) is 24.3 Å². The van der Waals surface area contributed by atoms with Gasteiger partial charge in [-0.2, -0.15) is 10.5 Å². The maximum atomic E-state index is 9.95. The second-order valence-corrected chi connectivity index (χ2v) is 17.9. The summed E-state index contributed by atoms with van der Waals surface area (Å²) in [4.78, 5) is 0. The average molecular weight is 807 g/mol. The van der Waals surface area contributed by atoms with Gasteiger partial charge >= 0.3 is 0 Å². The molecule has 0 aromatic heterocycles. The van der Waals surface area contributed by atoms with Crippen LogP contribution in [0.1, 0.15) is 22.3 Å². The molecule has 0 aliphatic heterocycles. The second-order valence-electron chi connectivity index (χ2n) is 17.9. The van der Waals surface area contributed by atoms with Crippen LogP contribution in [0.3, 0.4) is 0 Å². The summed E-state index contributed by atoms with van der Waals surface area (Å²) in [6.07, 6.45) is 0. The minimum absolute atomic E-state index is 0.658. The van der Waals surface area contributed by atoms with Gasteiger partial charge in [-0.15, -0.1) is 0 Å². The van der Waals surface area contributed by atoms with E-state index in [9.17, 15) is 10.5 Å². The molecule has 0 amide bonds. The van der Waals surface area contributed by atoms with Crippen molar-refractivity contribution in [3.8, 4) is 78.9 Å². The standard InChI is InChI=1S/C62H34N2/c1-33-21-35(31-63)17-19-39(33)47-25-53-54(55-27-49-45-15-7-13-43-41-11-5-3-9-37(41)23-59(61(43)45)57(49)29-51(47)55)26-48(40-20-18-36(32-64)22-34(40)2)52-30-58-50(28-56(52)53)46-16-8-14-44-42-12-6-4-10-38(42)24-60(58)62(44)46/h3-30H,1-2H3.